The van der Waals surface area contributed by atoms with E-state index in [2.05, 4.69) is 26.6 Å². The minimum absolute atomic E-state index is 0.0511. The molecule has 0 saturated carbocycles. The van der Waals surface area contributed by atoms with E-state index in [0.717, 1.165) is 31.9 Å². The third kappa shape index (κ3) is 3.69. The van der Waals surface area contributed by atoms with Gasteiger partial charge in [-0.05, 0) is 49.5 Å². The predicted molar refractivity (Wildman–Crippen MR) is 104 cm³/mol. The number of sulfonamides is 1. The predicted octanol–water partition coefficient (Wildman–Crippen LogP) is 1.67. The quantitative estimate of drug-likeness (QED) is 0.706. The molecule has 0 spiro atoms. The molecule has 27 heavy (non-hydrogen) atoms. The van der Waals surface area contributed by atoms with Gasteiger partial charge in [-0.25, -0.2) is 13.2 Å². The SMILES string of the molecule is CN1CCN(c2ccc(NS(=O)(=O)c3ccc4oc(=O)[nH]c4c3)cc2)CC1. The maximum absolute atomic E-state index is 12.6. The lowest BCUT2D eigenvalue weighted by Crippen LogP contribution is -2.44. The number of rotatable bonds is 4. The van der Waals surface area contributed by atoms with E-state index in [1.807, 2.05) is 12.1 Å². The summed E-state index contributed by atoms with van der Waals surface area (Å²) in [5, 5.41) is 0. The van der Waals surface area contributed by atoms with Crippen molar-refractivity contribution < 1.29 is 12.8 Å². The summed E-state index contributed by atoms with van der Waals surface area (Å²) in [6, 6.07) is 11.6. The third-order valence-electron chi connectivity index (χ3n) is 4.69. The number of aromatic amines is 1. The molecule has 9 heteroatoms. The van der Waals surface area contributed by atoms with E-state index in [1.165, 1.54) is 18.2 Å². The lowest BCUT2D eigenvalue weighted by molar-refractivity contribution is 0.313. The first kappa shape index (κ1) is 17.6. The Morgan fingerprint density at radius 3 is 2.44 bits per heavy atom. The van der Waals surface area contributed by atoms with E-state index >= 15 is 0 Å². The van der Waals surface area contributed by atoms with Crippen molar-refractivity contribution in [3.63, 3.8) is 0 Å². The number of piperazine rings is 1. The van der Waals surface area contributed by atoms with E-state index in [1.54, 1.807) is 12.1 Å². The van der Waals surface area contributed by atoms with E-state index < -0.39 is 15.8 Å². The molecule has 2 aromatic carbocycles. The van der Waals surface area contributed by atoms with Crippen molar-refractivity contribution in [2.45, 2.75) is 4.90 Å². The Balaban J connectivity index is 1.52. The van der Waals surface area contributed by atoms with Crippen LogP contribution < -0.4 is 15.4 Å². The van der Waals surface area contributed by atoms with Crippen LogP contribution in [-0.2, 0) is 10.0 Å². The van der Waals surface area contributed by atoms with Crippen LogP contribution in [0.25, 0.3) is 11.1 Å². The second-order valence-corrected chi connectivity index (χ2v) is 8.30. The van der Waals surface area contributed by atoms with Crippen molar-refractivity contribution in [2.24, 2.45) is 0 Å². The number of oxazole rings is 1. The molecule has 142 valence electrons. The summed E-state index contributed by atoms with van der Waals surface area (Å²) in [4.78, 5) is 18.3. The number of fused-ring (bicyclic) bond motifs is 1. The fourth-order valence-electron chi connectivity index (χ4n) is 3.12. The monoisotopic (exact) mass is 388 g/mol. The number of H-pyrrole nitrogens is 1. The molecule has 1 aromatic heterocycles. The zero-order valence-corrected chi connectivity index (χ0v) is 15.6. The molecule has 0 unspecified atom stereocenters. The van der Waals surface area contributed by atoms with Crippen molar-refractivity contribution in [3.8, 4) is 0 Å². The molecule has 1 aliphatic heterocycles. The van der Waals surface area contributed by atoms with Gasteiger partial charge in [0.25, 0.3) is 10.0 Å². The first-order chi connectivity index (χ1) is 12.9. The highest BCUT2D eigenvalue weighted by molar-refractivity contribution is 7.92. The van der Waals surface area contributed by atoms with Crippen LogP contribution in [0, 0.1) is 0 Å². The minimum Gasteiger partial charge on any atom is -0.408 e. The molecule has 3 aromatic rings. The Labute approximate surface area is 156 Å². The highest BCUT2D eigenvalue weighted by Gasteiger charge is 2.17. The maximum atomic E-state index is 12.6. The van der Waals surface area contributed by atoms with Gasteiger partial charge >= 0.3 is 5.76 Å². The fourth-order valence-corrected chi connectivity index (χ4v) is 4.20. The van der Waals surface area contributed by atoms with Gasteiger partial charge in [-0.3, -0.25) is 9.71 Å². The normalized spacial score (nSPS) is 16.0. The van der Waals surface area contributed by atoms with Gasteiger partial charge in [0.1, 0.15) is 0 Å². The van der Waals surface area contributed by atoms with Crippen molar-refractivity contribution in [3.05, 3.63) is 53.0 Å². The molecule has 2 heterocycles. The smallest absolute Gasteiger partial charge is 0.408 e. The van der Waals surface area contributed by atoms with Gasteiger partial charge in [0.2, 0.25) is 0 Å². The number of hydrogen-bond donors (Lipinski definition) is 2. The average molecular weight is 388 g/mol. The van der Waals surface area contributed by atoms with E-state index in [-0.39, 0.29) is 4.90 Å². The number of anilines is 2. The van der Waals surface area contributed by atoms with E-state index in [9.17, 15) is 13.2 Å². The van der Waals surface area contributed by atoms with E-state index in [4.69, 9.17) is 4.42 Å². The van der Waals surface area contributed by atoms with Crippen LogP contribution in [0.15, 0.2) is 56.6 Å². The van der Waals surface area contributed by atoms with Gasteiger partial charge in [-0.2, -0.15) is 0 Å². The number of nitrogens with one attached hydrogen (secondary N) is 2. The van der Waals surface area contributed by atoms with Gasteiger partial charge in [0, 0.05) is 37.6 Å². The number of hydrogen-bond acceptors (Lipinski definition) is 6. The van der Waals surface area contributed by atoms with Crippen LogP contribution >= 0.6 is 0 Å². The van der Waals surface area contributed by atoms with Crippen LogP contribution in [0.2, 0.25) is 0 Å². The van der Waals surface area contributed by atoms with Crippen LogP contribution in [0.3, 0.4) is 0 Å². The largest absolute Gasteiger partial charge is 0.417 e. The Morgan fingerprint density at radius 2 is 1.74 bits per heavy atom. The molecule has 1 fully saturated rings. The average Bonchev–Trinajstić information content (AvgIpc) is 3.02. The summed E-state index contributed by atoms with van der Waals surface area (Å²) < 4.78 is 32.7. The first-order valence-electron chi connectivity index (χ1n) is 8.60. The lowest BCUT2D eigenvalue weighted by atomic mass is 10.2. The fraction of sp³-hybridized carbons (Fsp3) is 0.278. The van der Waals surface area contributed by atoms with Crippen LogP contribution in [-0.4, -0.2) is 51.5 Å². The Hall–Kier alpha value is -2.78. The Morgan fingerprint density at radius 1 is 1.04 bits per heavy atom. The summed E-state index contributed by atoms with van der Waals surface area (Å²) in [5.41, 5.74) is 2.21. The minimum atomic E-state index is -3.77. The van der Waals surface area contributed by atoms with Crippen LogP contribution in [0.4, 0.5) is 11.4 Å². The molecule has 8 nitrogen and oxygen atoms in total. The molecular formula is C18H20N4O4S. The Kier molecular flexibility index (Phi) is 4.40. The summed E-state index contributed by atoms with van der Waals surface area (Å²) in [7, 11) is -1.67. The van der Waals surface area contributed by atoms with Gasteiger partial charge in [-0.1, -0.05) is 0 Å². The summed E-state index contributed by atoms with van der Waals surface area (Å²) in [6.45, 7) is 3.91. The molecule has 0 atom stereocenters. The van der Waals surface area contributed by atoms with Crippen LogP contribution in [0.5, 0.6) is 0 Å². The number of nitrogens with zero attached hydrogens (tertiary/aromatic N) is 2. The molecular weight excluding hydrogens is 368 g/mol. The first-order valence-corrected chi connectivity index (χ1v) is 10.1. The molecule has 0 aliphatic carbocycles. The highest BCUT2D eigenvalue weighted by Crippen LogP contribution is 2.23. The van der Waals surface area contributed by atoms with Crippen LogP contribution in [0.1, 0.15) is 0 Å². The molecule has 0 bridgehead atoms. The molecule has 0 radical (unpaired) electrons. The van der Waals surface area contributed by atoms with Crippen molar-refractivity contribution in [1.29, 1.82) is 0 Å². The van der Waals surface area contributed by atoms with Crippen molar-refractivity contribution >= 4 is 32.5 Å². The van der Waals surface area contributed by atoms with Gasteiger partial charge in [-0.15, -0.1) is 0 Å². The maximum Gasteiger partial charge on any atom is 0.417 e. The summed E-state index contributed by atoms with van der Waals surface area (Å²) in [6.07, 6.45) is 0. The molecule has 0 amide bonds. The third-order valence-corrected chi connectivity index (χ3v) is 6.07. The topological polar surface area (TPSA) is 98.6 Å². The lowest BCUT2D eigenvalue weighted by Gasteiger charge is -2.34. The van der Waals surface area contributed by atoms with Gasteiger partial charge < -0.3 is 14.2 Å². The zero-order chi connectivity index (χ0) is 19.0. The van der Waals surface area contributed by atoms with E-state index in [0.29, 0.717) is 16.8 Å². The number of benzene rings is 2. The van der Waals surface area contributed by atoms with Gasteiger partial charge in [0.15, 0.2) is 5.58 Å². The molecule has 4 rings (SSSR count). The number of aromatic nitrogens is 1. The molecule has 1 saturated heterocycles. The van der Waals surface area contributed by atoms with Gasteiger partial charge in [0.05, 0.1) is 10.4 Å². The molecule has 1 aliphatic rings. The number of likely N-dealkylation sites (N-methyl/N-ethyl adjacent to an activating group) is 1. The highest BCUT2D eigenvalue weighted by atomic mass is 32.2. The Bertz CT molecular complexity index is 1110. The van der Waals surface area contributed by atoms with Crippen molar-refractivity contribution in [2.75, 3.05) is 42.8 Å². The zero-order valence-electron chi connectivity index (χ0n) is 14.8. The molecule has 2 N–H and O–H groups in total. The summed E-state index contributed by atoms with van der Waals surface area (Å²) in [5.74, 6) is -0.619. The second kappa shape index (κ2) is 6.75. The van der Waals surface area contributed by atoms with Crippen molar-refractivity contribution in [1.82, 2.24) is 9.88 Å². The second-order valence-electron chi connectivity index (χ2n) is 6.62. The standard InChI is InChI=1S/C18H20N4O4S/c1-21-8-10-22(11-9-21)14-4-2-13(3-5-14)20-27(24,25)15-6-7-17-16(12-15)19-18(23)26-17/h2-7,12,20H,8-11H2,1H3,(H,19,23). The summed E-state index contributed by atoms with van der Waals surface area (Å²) >= 11 is 0.